The highest BCUT2D eigenvalue weighted by Gasteiger charge is 2.02. The number of imidazole rings is 1. The molecule has 0 amide bonds. The normalized spacial score (nSPS) is 11.9. The highest BCUT2D eigenvalue weighted by molar-refractivity contribution is 5.79. The monoisotopic (exact) mass is 389 g/mol. The molecule has 0 unspecified atom stereocenters. The van der Waals surface area contributed by atoms with Crippen molar-refractivity contribution in [3.05, 3.63) is 30.1 Å². The van der Waals surface area contributed by atoms with E-state index in [0.29, 0.717) is 19.8 Å². The van der Waals surface area contributed by atoms with Crippen LogP contribution in [0.15, 0.2) is 29.3 Å². The molecule has 7 heteroatoms. The molecule has 2 rings (SSSR count). The molecule has 2 aromatic rings. The van der Waals surface area contributed by atoms with Crippen molar-refractivity contribution < 1.29 is 9.47 Å². The second kappa shape index (κ2) is 14.0. The fraction of sp³-hybridized carbons (Fsp3) is 0.619. The molecule has 0 atom stereocenters. The van der Waals surface area contributed by atoms with Crippen LogP contribution in [-0.4, -0.2) is 62.0 Å². The summed E-state index contributed by atoms with van der Waals surface area (Å²) in [6, 6.07) is 8.11. The van der Waals surface area contributed by atoms with Crippen LogP contribution in [0.25, 0.3) is 11.0 Å². The summed E-state index contributed by atoms with van der Waals surface area (Å²) in [4.78, 5) is 12.6. The van der Waals surface area contributed by atoms with Crippen LogP contribution in [-0.2, 0) is 15.9 Å². The van der Waals surface area contributed by atoms with Gasteiger partial charge in [-0.25, -0.2) is 4.98 Å². The average molecular weight is 390 g/mol. The number of aliphatic imine (C=N–C) groups is 1. The van der Waals surface area contributed by atoms with Gasteiger partial charge in [-0.3, -0.25) is 4.99 Å². The number of rotatable bonds is 14. The number of hydrogen-bond donors (Lipinski definition) is 3. The van der Waals surface area contributed by atoms with E-state index in [1.165, 1.54) is 0 Å². The van der Waals surface area contributed by atoms with Crippen molar-refractivity contribution in [1.29, 1.82) is 0 Å². The molecule has 1 aromatic carbocycles. The summed E-state index contributed by atoms with van der Waals surface area (Å²) in [6.07, 6.45) is 4.11. The summed E-state index contributed by atoms with van der Waals surface area (Å²) >= 11 is 0. The zero-order valence-electron chi connectivity index (χ0n) is 17.3. The van der Waals surface area contributed by atoms with Crippen molar-refractivity contribution in [2.75, 3.05) is 46.1 Å². The van der Waals surface area contributed by atoms with Gasteiger partial charge in [-0.1, -0.05) is 25.5 Å². The van der Waals surface area contributed by atoms with Gasteiger partial charge >= 0.3 is 0 Å². The number of unbranched alkanes of at least 4 members (excludes halogenated alkanes) is 1. The lowest BCUT2D eigenvalue weighted by molar-refractivity contribution is 0.0487. The molecule has 3 N–H and O–H groups in total. The molecule has 1 aromatic heterocycles. The molecular weight excluding hydrogens is 354 g/mol. The number of guanidine groups is 1. The molecule has 7 nitrogen and oxygen atoms in total. The number of nitrogens with one attached hydrogen (secondary N) is 3. The van der Waals surface area contributed by atoms with Crippen molar-refractivity contribution >= 4 is 17.0 Å². The third kappa shape index (κ3) is 8.71. The van der Waals surface area contributed by atoms with Crippen molar-refractivity contribution in [1.82, 2.24) is 20.6 Å². The van der Waals surface area contributed by atoms with Crippen molar-refractivity contribution in [2.45, 2.75) is 39.5 Å². The molecule has 0 saturated heterocycles. The third-order valence-electron chi connectivity index (χ3n) is 4.18. The van der Waals surface area contributed by atoms with Crippen LogP contribution in [0.3, 0.4) is 0 Å². The number of ether oxygens (including phenoxy) is 2. The van der Waals surface area contributed by atoms with E-state index in [1.54, 1.807) is 0 Å². The SMILES string of the molecule is CCCCOCCOCCNC(=NCCCc1nc2ccccc2[nH]1)NCC. The van der Waals surface area contributed by atoms with Crippen LogP contribution in [0, 0.1) is 0 Å². The van der Waals surface area contributed by atoms with E-state index < -0.39 is 0 Å². The summed E-state index contributed by atoms with van der Waals surface area (Å²) in [7, 11) is 0. The van der Waals surface area contributed by atoms with Gasteiger partial charge in [0, 0.05) is 32.7 Å². The molecular formula is C21H35N5O2. The Morgan fingerprint density at radius 2 is 1.86 bits per heavy atom. The zero-order chi connectivity index (χ0) is 19.9. The number of aryl methyl sites for hydroxylation is 1. The first-order chi connectivity index (χ1) is 13.8. The van der Waals surface area contributed by atoms with Gasteiger partial charge in [0.1, 0.15) is 5.82 Å². The number of benzene rings is 1. The Kier molecular flexibility index (Phi) is 11.1. The van der Waals surface area contributed by atoms with Gasteiger partial charge in [0.15, 0.2) is 5.96 Å². The van der Waals surface area contributed by atoms with Gasteiger partial charge in [0.05, 0.1) is 30.9 Å². The first-order valence-electron chi connectivity index (χ1n) is 10.4. The maximum atomic E-state index is 5.57. The number of aromatic nitrogens is 2. The first kappa shape index (κ1) is 22.2. The lowest BCUT2D eigenvalue weighted by Crippen LogP contribution is -2.39. The second-order valence-electron chi connectivity index (χ2n) is 6.57. The van der Waals surface area contributed by atoms with Crippen LogP contribution >= 0.6 is 0 Å². The molecule has 28 heavy (non-hydrogen) atoms. The molecule has 0 fully saturated rings. The van der Waals surface area contributed by atoms with Crippen LogP contribution in [0.4, 0.5) is 0 Å². The van der Waals surface area contributed by atoms with Gasteiger partial charge in [0.25, 0.3) is 0 Å². The molecule has 0 bridgehead atoms. The highest BCUT2D eigenvalue weighted by atomic mass is 16.5. The molecule has 0 aliphatic carbocycles. The van der Waals surface area contributed by atoms with Crippen LogP contribution in [0.5, 0.6) is 0 Å². The van der Waals surface area contributed by atoms with Gasteiger partial charge in [-0.15, -0.1) is 0 Å². The number of aromatic amines is 1. The molecule has 156 valence electrons. The van der Waals surface area contributed by atoms with Gasteiger partial charge in [-0.2, -0.15) is 0 Å². The topological polar surface area (TPSA) is 83.6 Å². The standard InChI is InChI=1S/C21H35N5O2/c1-3-5-14-27-16-17-28-15-13-24-21(22-4-2)23-12-8-11-20-25-18-9-6-7-10-19(18)26-20/h6-7,9-10H,3-5,8,11-17H2,1-2H3,(H,25,26)(H2,22,23,24). The number of nitrogens with zero attached hydrogens (tertiary/aromatic N) is 2. The minimum absolute atomic E-state index is 0.635. The molecule has 1 heterocycles. The summed E-state index contributed by atoms with van der Waals surface area (Å²) in [5.74, 6) is 1.85. The third-order valence-corrected chi connectivity index (χ3v) is 4.18. The Morgan fingerprint density at radius 1 is 1.04 bits per heavy atom. The van der Waals surface area contributed by atoms with E-state index in [0.717, 1.165) is 74.7 Å². The van der Waals surface area contributed by atoms with Gasteiger partial charge < -0.3 is 25.1 Å². The van der Waals surface area contributed by atoms with E-state index in [1.807, 2.05) is 18.2 Å². The molecule has 0 aliphatic rings. The highest BCUT2D eigenvalue weighted by Crippen LogP contribution is 2.11. The summed E-state index contributed by atoms with van der Waals surface area (Å²) in [6.45, 7) is 9.30. The lowest BCUT2D eigenvalue weighted by atomic mass is 10.3. The Labute approximate surface area is 168 Å². The number of hydrogen-bond acceptors (Lipinski definition) is 4. The van der Waals surface area contributed by atoms with E-state index in [-0.39, 0.29) is 0 Å². The van der Waals surface area contributed by atoms with Crippen molar-refractivity contribution in [3.8, 4) is 0 Å². The van der Waals surface area contributed by atoms with E-state index in [4.69, 9.17) is 9.47 Å². The van der Waals surface area contributed by atoms with Gasteiger partial charge in [-0.05, 0) is 31.9 Å². The van der Waals surface area contributed by atoms with Crippen molar-refractivity contribution in [2.24, 2.45) is 4.99 Å². The summed E-state index contributed by atoms with van der Waals surface area (Å²) in [5.41, 5.74) is 2.11. The Bertz CT molecular complexity index is 653. The smallest absolute Gasteiger partial charge is 0.191 e. The fourth-order valence-electron chi connectivity index (χ4n) is 2.71. The minimum Gasteiger partial charge on any atom is -0.379 e. The summed E-state index contributed by atoms with van der Waals surface area (Å²) in [5, 5.41) is 6.56. The Morgan fingerprint density at radius 3 is 2.64 bits per heavy atom. The van der Waals surface area contributed by atoms with Crippen LogP contribution in [0.1, 0.15) is 38.9 Å². The largest absolute Gasteiger partial charge is 0.379 e. The quantitative estimate of drug-likeness (QED) is 0.263. The molecule has 0 spiro atoms. The van der Waals surface area contributed by atoms with E-state index in [2.05, 4.69) is 45.5 Å². The predicted octanol–water partition coefficient (Wildman–Crippen LogP) is 2.88. The molecule has 0 radical (unpaired) electrons. The number of H-pyrrole nitrogens is 1. The lowest BCUT2D eigenvalue weighted by Gasteiger charge is -2.11. The van der Waals surface area contributed by atoms with Crippen LogP contribution < -0.4 is 10.6 Å². The Balaban J connectivity index is 1.59. The van der Waals surface area contributed by atoms with E-state index in [9.17, 15) is 0 Å². The fourth-order valence-corrected chi connectivity index (χ4v) is 2.71. The molecule has 0 aliphatic heterocycles. The summed E-state index contributed by atoms with van der Waals surface area (Å²) < 4.78 is 11.0. The number of fused-ring (bicyclic) bond motifs is 1. The zero-order valence-corrected chi connectivity index (χ0v) is 17.3. The maximum absolute atomic E-state index is 5.57. The predicted molar refractivity (Wildman–Crippen MR) is 115 cm³/mol. The van der Waals surface area contributed by atoms with Gasteiger partial charge in [0.2, 0.25) is 0 Å². The number of para-hydroxylation sites is 2. The Hall–Kier alpha value is -2.12. The first-order valence-corrected chi connectivity index (χ1v) is 10.4. The van der Waals surface area contributed by atoms with Crippen molar-refractivity contribution in [3.63, 3.8) is 0 Å². The average Bonchev–Trinajstić information content (AvgIpc) is 3.12. The van der Waals surface area contributed by atoms with Crippen LogP contribution in [0.2, 0.25) is 0 Å². The van der Waals surface area contributed by atoms with E-state index >= 15 is 0 Å². The maximum Gasteiger partial charge on any atom is 0.191 e. The molecule has 0 saturated carbocycles. The second-order valence-corrected chi connectivity index (χ2v) is 6.57. The minimum atomic E-state index is 0.635.